The number of rotatable bonds is 3. The van der Waals surface area contributed by atoms with Gasteiger partial charge < -0.3 is 10.5 Å². The third kappa shape index (κ3) is 3.00. The molecule has 1 aromatic carbocycles. The van der Waals surface area contributed by atoms with Crippen LogP contribution >= 0.6 is 15.9 Å². The average molecular weight is 276 g/mol. The fourth-order valence-electron chi connectivity index (χ4n) is 1.36. The molecule has 0 fully saturated rings. The first-order valence-corrected chi connectivity index (χ1v) is 5.41. The van der Waals surface area contributed by atoms with Gasteiger partial charge in [0.25, 0.3) is 0 Å². The highest BCUT2D eigenvalue weighted by atomic mass is 79.9. The standard InChI is InChI=1S/C11H15BrFNO/c1-11(2,14)8-4-7(6-15-3)5-9(12)10(8)13/h4-5H,6,14H2,1-3H3. The maximum Gasteiger partial charge on any atom is 0.142 e. The van der Waals surface area contributed by atoms with Gasteiger partial charge in [-0.15, -0.1) is 0 Å². The second kappa shape index (κ2) is 4.60. The molecule has 0 bridgehead atoms. The molecule has 1 aromatic rings. The van der Waals surface area contributed by atoms with Gasteiger partial charge in [0.05, 0.1) is 11.1 Å². The van der Waals surface area contributed by atoms with Gasteiger partial charge in [-0.2, -0.15) is 0 Å². The number of ether oxygens (including phenoxy) is 1. The molecule has 0 amide bonds. The first kappa shape index (κ1) is 12.6. The van der Waals surface area contributed by atoms with Crippen LogP contribution < -0.4 is 5.73 Å². The van der Waals surface area contributed by atoms with Gasteiger partial charge in [-0.05, 0) is 47.5 Å². The highest BCUT2D eigenvalue weighted by Crippen LogP contribution is 2.28. The van der Waals surface area contributed by atoms with Gasteiger partial charge in [0, 0.05) is 18.2 Å². The third-order valence-electron chi connectivity index (χ3n) is 2.09. The zero-order chi connectivity index (χ0) is 11.6. The topological polar surface area (TPSA) is 35.2 Å². The lowest BCUT2D eigenvalue weighted by Gasteiger charge is -2.21. The minimum Gasteiger partial charge on any atom is -0.380 e. The molecule has 0 atom stereocenters. The van der Waals surface area contributed by atoms with Crippen molar-refractivity contribution < 1.29 is 9.13 Å². The van der Waals surface area contributed by atoms with Crippen molar-refractivity contribution in [1.82, 2.24) is 0 Å². The van der Waals surface area contributed by atoms with E-state index in [0.717, 1.165) is 5.56 Å². The normalized spacial score (nSPS) is 11.9. The molecular formula is C11H15BrFNO. The van der Waals surface area contributed by atoms with Crippen molar-refractivity contribution in [2.24, 2.45) is 5.73 Å². The third-order valence-corrected chi connectivity index (χ3v) is 2.67. The lowest BCUT2D eigenvalue weighted by atomic mass is 9.93. The van der Waals surface area contributed by atoms with Crippen LogP contribution in [0.2, 0.25) is 0 Å². The number of hydrogen-bond donors (Lipinski definition) is 1. The number of halogens is 2. The van der Waals surface area contributed by atoms with Crippen molar-refractivity contribution in [3.63, 3.8) is 0 Å². The molecule has 0 unspecified atom stereocenters. The molecule has 0 aliphatic rings. The first-order valence-electron chi connectivity index (χ1n) is 4.62. The number of benzene rings is 1. The van der Waals surface area contributed by atoms with Gasteiger partial charge in [0.15, 0.2) is 0 Å². The SMILES string of the molecule is COCc1cc(Br)c(F)c(C(C)(C)N)c1. The summed E-state index contributed by atoms with van der Waals surface area (Å²) in [6, 6.07) is 3.44. The minimum atomic E-state index is -0.698. The molecule has 0 saturated carbocycles. The summed E-state index contributed by atoms with van der Waals surface area (Å²) < 4.78 is 19.2. The molecule has 4 heteroatoms. The summed E-state index contributed by atoms with van der Waals surface area (Å²) in [6.45, 7) is 3.99. The maximum atomic E-state index is 13.8. The molecule has 84 valence electrons. The molecule has 0 aliphatic heterocycles. The molecule has 1 rings (SSSR count). The van der Waals surface area contributed by atoms with Crippen molar-refractivity contribution in [2.45, 2.75) is 26.0 Å². The molecule has 0 saturated heterocycles. The van der Waals surface area contributed by atoms with Crippen LogP contribution in [0.5, 0.6) is 0 Å². The predicted octanol–water partition coefficient (Wildman–Crippen LogP) is 2.93. The van der Waals surface area contributed by atoms with Crippen LogP contribution in [0, 0.1) is 5.82 Å². The van der Waals surface area contributed by atoms with Crippen molar-refractivity contribution in [2.75, 3.05) is 7.11 Å². The fraction of sp³-hybridized carbons (Fsp3) is 0.455. The zero-order valence-electron chi connectivity index (χ0n) is 9.10. The van der Waals surface area contributed by atoms with E-state index in [1.165, 1.54) is 0 Å². The van der Waals surface area contributed by atoms with Crippen LogP contribution in [0.3, 0.4) is 0 Å². The van der Waals surface area contributed by atoms with Crippen LogP contribution in [-0.2, 0) is 16.9 Å². The number of methoxy groups -OCH3 is 1. The van der Waals surface area contributed by atoms with Crippen LogP contribution in [0.1, 0.15) is 25.0 Å². The van der Waals surface area contributed by atoms with Gasteiger partial charge in [0.2, 0.25) is 0 Å². The van der Waals surface area contributed by atoms with E-state index in [0.29, 0.717) is 16.6 Å². The Morgan fingerprint density at radius 1 is 1.47 bits per heavy atom. The second-order valence-corrected chi connectivity index (χ2v) is 4.95. The summed E-state index contributed by atoms with van der Waals surface area (Å²) >= 11 is 3.17. The average Bonchev–Trinajstić information content (AvgIpc) is 2.09. The van der Waals surface area contributed by atoms with Crippen molar-refractivity contribution in [1.29, 1.82) is 0 Å². The van der Waals surface area contributed by atoms with Crippen LogP contribution in [0.4, 0.5) is 4.39 Å². The second-order valence-electron chi connectivity index (χ2n) is 4.09. The van der Waals surface area contributed by atoms with Gasteiger partial charge in [-0.25, -0.2) is 4.39 Å². The fourth-order valence-corrected chi connectivity index (χ4v) is 1.87. The van der Waals surface area contributed by atoms with Crippen LogP contribution in [0.15, 0.2) is 16.6 Å². The van der Waals surface area contributed by atoms with Crippen LogP contribution in [-0.4, -0.2) is 7.11 Å². The molecule has 0 spiro atoms. The molecular weight excluding hydrogens is 261 g/mol. The summed E-state index contributed by atoms with van der Waals surface area (Å²) in [7, 11) is 1.60. The largest absolute Gasteiger partial charge is 0.380 e. The van der Waals surface area contributed by atoms with E-state index in [1.807, 2.05) is 0 Å². The number of hydrogen-bond acceptors (Lipinski definition) is 2. The summed E-state index contributed by atoms with van der Waals surface area (Å²) in [5.74, 6) is -0.303. The lowest BCUT2D eigenvalue weighted by Crippen LogP contribution is -2.30. The Morgan fingerprint density at radius 3 is 2.53 bits per heavy atom. The van der Waals surface area contributed by atoms with Crippen molar-refractivity contribution >= 4 is 15.9 Å². The highest BCUT2D eigenvalue weighted by molar-refractivity contribution is 9.10. The molecule has 0 radical (unpaired) electrons. The Hall–Kier alpha value is -0.450. The van der Waals surface area contributed by atoms with E-state index in [1.54, 1.807) is 33.1 Å². The van der Waals surface area contributed by atoms with E-state index < -0.39 is 5.54 Å². The van der Waals surface area contributed by atoms with Crippen molar-refractivity contribution in [3.05, 3.63) is 33.5 Å². The van der Waals surface area contributed by atoms with Gasteiger partial charge >= 0.3 is 0 Å². The van der Waals surface area contributed by atoms with Gasteiger partial charge in [-0.1, -0.05) is 0 Å². The lowest BCUT2D eigenvalue weighted by molar-refractivity contribution is 0.184. The van der Waals surface area contributed by atoms with Crippen molar-refractivity contribution in [3.8, 4) is 0 Å². The van der Waals surface area contributed by atoms with E-state index in [-0.39, 0.29) is 5.82 Å². The summed E-state index contributed by atoms with van der Waals surface area (Å²) in [5.41, 5.74) is 6.58. The highest BCUT2D eigenvalue weighted by Gasteiger charge is 2.21. The Morgan fingerprint density at radius 2 is 2.07 bits per heavy atom. The van der Waals surface area contributed by atoms with E-state index in [4.69, 9.17) is 10.5 Å². The molecule has 2 N–H and O–H groups in total. The number of nitrogens with two attached hydrogens (primary N) is 1. The molecule has 0 heterocycles. The summed E-state index contributed by atoms with van der Waals surface area (Å²) in [6.07, 6.45) is 0. The Kier molecular flexibility index (Phi) is 3.87. The minimum absolute atomic E-state index is 0.303. The first-order chi connectivity index (χ1) is 6.86. The molecule has 0 aliphatic carbocycles. The maximum absolute atomic E-state index is 13.8. The Balaban J connectivity index is 3.25. The predicted molar refractivity (Wildman–Crippen MR) is 62.0 cm³/mol. The van der Waals surface area contributed by atoms with E-state index in [2.05, 4.69) is 15.9 Å². The summed E-state index contributed by atoms with van der Waals surface area (Å²) in [4.78, 5) is 0. The van der Waals surface area contributed by atoms with E-state index in [9.17, 15) is 4.39 Å². The Bertz CT molecular complexity index is 360. The molecule has 15 heavy (non-hydrogen) atoms. The zero-order valence-corrected chi connectivity index (χ0v) is 10.7. The monoisotopic (exact) mass is 275 g/mol. The van der Waals surface area contributed by atoms with E-state index >= 15 is 0 Å². The molecule has 2 nitrogen and oxygen atoms in total. The molecule has 0 aromatic heterocycles. The summed E-state index contributed by atoms with van der Waals surface area (Å²) in [5, 5.41) is 0. The van der Waals surface area contributed by atoms with Gasteiger partial charge in [-0.3, -0.25) is 0 Å². The van der Waals surface area contributed by atoms with Crippen LogP contribution in [0.25, 0.3) is 0 Å². The van der Waals surface area contributed by atoms with Gasteiger partial charge in [0.1, 0.15) is 5.82 Å². The smallest absolute Gasteiger partial charge is 0.142 e. The quantitative estimate of drug-likeness (QED) is 0.921. The Labute approximate surface area is 97.7 Å².